The zero-order chi connectivity index (χ0) is 26.1. The number of cyclic esters (lactones) is 2. The molecule has 2 bridgehead atoms. The third-order valence-electron chi connectivity index (χ3n) is 10.0. The Balaban J connectivity index is 1.65. The summed E-state index contributed by atoms with van der Waals surface area (Å²) in [6.45, 7) is 12.8. The van der Waals surface area contributed by atoms with Crippen LogP contribution in [0, 0.1) is 28.6 Å². The molecule has 1 aromatic heterocycles. The van der Waals surface area contributed by atoms with Crippen LogP contribution in [0.5, 0.6) is 0 Å². The van der Waals surface area contributed by atoms with E-state index in [9.17, 15) is 14.4 Å². The van der Waals surface area contributed by atoms with Crippen LogP contribution in [-0.4, -0.2) is 42.8 Å². The highest BCUT2D eigenvalue weighted by atomic mass is 16.6. The van der Waals surface area contributed by atoms with E-state index in [1.807, 2.05) is 19.9 Å². The maximum absolute atomic E-state index is 13.1. The summed E-state index contributed by atoms with van der Waals surface area (Å²) in [5, 5.41) is 0. The summed E-state index contributed by atoms with van der Waals surface area (Å²) < 4.78 is 29.1. The van der Waals surface area contributed by atoms with E-state index in [0.29, 0.717) is 6.42 Å². The molecule has 4 aliphatic rings. The number of carbonyl (C=O) groups is 3. The summed E-state index contributed by atoms with van der Waals surface area (Å²) in [7, 11) is 1.37. The second-order valence-electron chi connectivity index (χ2n) is 12.0. The molecule has 8 heteroatoms. The van der Waals surface area contributed by atoms with E-state index >= 15 is 0 Å². The molecule has 36 heavy (non-hydrogen) atoms. The molecule has 3 saturated heterocycles. The third kappa shape index (κ3) is 3.32. The molecule has 1 saturated carbocycles. The molecule has 8 nitrogen and oxygen atoms in total. The summed E-state index contributed by atoms with van der Waals surface area (Å²) in [6, 6.07) is 1.82. The van der Waals surface area contributed by atoms with Gasteiger partial charge in [-0.05, 0) is 55.6 Å². The standard InChI is InChI=1S/C28H36O8/c1-16-19-7-9-26(4)24(17-8-10-33-14-17)35-23(31)13-28(16,26)34-15-18-11-22(30)36-25(2,3)20(27(18,19)5)12-21(29)32-6/h8,10,14,18-20,24H,1,7,9,11-13,15H2,2-6H3/t18-,19?,20+,24+,26+,27-,28+/m1/s1. The lowest BCUT2D eigenvalue weighted by Crippen LogP contribution is -2.62. The topological polar surface area (TPSA) is 101 Å². The number of carbonyl (C=O) groups excluding carboxylic acids is 3. The van der Waals surface area contributed by atoms with Gasteiger partial charge in [-0.2, -0.15) is 0 Å². The van der Waals surface area contributed by atoms with Crippen molar-refractivity contribution in [1.82, 2.24) is 0 Å². The van der Waals surface area contributed by atoms with Crippen molar-refractivity contribution in [3.63, 3.8) is 0 Å². The van der Waals surface area contributed by atoms with Gasteiger partial charge in [0.05, 0.1) is 45.5 Å². The Bertz CT molecular complexity index is 1090. The molecule has 0 N–H and O–H groups in total. The molecule has 0 amide bonds. The van der Waals surface area contributed by atoms with Crippen LogP contribution >= 0.6 is 0 Å². The van der Waals surface area contributed by atoms with Gasteiger partial charge >= 0.3 is 17.9 Å². The number of rotatable bonds is 3. The normalized spacial score (nSPS) is 41.6. The maximum Gasteiger partial charge on any atom is 0.309 e. The van der Waals surface area contributed by atoms with E-state index in [4.69, 9.17) is 23.4 Å². The Morgan fingerprint density at radius 2 is 1.94 bits per heavy atom. The Labute approximate surface area is 211 Å². The minimum Gasteiger partial charge on any atom is -0.472 e. The van der Waals surface area contributed by atoms with Gasteiger partial charge in [-0.3, -0.25) is 14.4 Å². The molecule has 1 spiro atoms. The van der Waals surface area contributed by atoms with Gasteiger partial charge in [0.2, 0.25) is 0 Å². The van der Waals surface area contributed by atoms with Crippen molar-refractivity contribution in [1.29, 1.82) is 0 Å². The van der Waals surface area contributed by atoms with Gasteiger partial charge in [0.15, 0.2) is 0 Å². The van der Waals surface area contributed by atoms with Gasteiger partial charge in [0.1, 0.15) is 17.3 Å². The molecule has 4 heterocycles. The number of hydrogen-bond donors (Lipinski definition) is 0. The van der Waals surface area contributed by atoms with Crippen LogP contribution in [-0.2, 0) is 33.3 Å². The average Bonchev–Trinajstić information content (AvgIpc) is 3.31. The van der Waals surface area contributed by atoms with Crippen LogP contribution in [0.1, 0.15) is 71.5 Å². The highest BCUT2D eigenvalue weighted by molar-refractivity contribution is 5.75. The van der Waals surface area contributed by atoms with Crippen LogP contribution in [0.3, 0.4) is 0 Å². The minimum atomic E-state index is -0.966. The van der Waals surface area contributed by atoms with E-state index < -0.39 is 28.1 Å². The van der Waals surface area contributed by atoms with Crippen LogP contribution in [0.4, 0.5) is 0 Å². The van der Waals surface area contributed by atoms with Crippen LogP contribution in [0.25, 0.3) is 0 Å². The van der Waals surface area contributed by atoms with Gasteiger partial charge < -0.3 is 23.4 Å². The number of furan rings is 1. The maximum atomic E-state index is 13.1. The van der Waals surface area contributed by atoms with E-state index in [0.717, 1.165) is 17.6 Å². The van der Waals surface area contributed by atoms with Crippen LogP contribution in [0.15, 0.2) is 35.2 Å². The first-order valence-electron chi connectivity index (χ1n) is 12.7. The van der Waals surface area contributed by atoms with Gasteiger partial charge in [-0.15, -0.1) is 0 Å². The fourth-order valence-corrected chi connectivity index (χ4v) is 8.07. The number of hydrogen-bond acceptors (Lipinski definition) is 8. The first-order chi connectivity index (χ1) is 16.9. The van der Waals surface area contributed by atoms with E-state index in [1.54, 1.807) is 12.5 Å². The molecule has 1 aromatic rings. The molecule has 4 fully saturated rings. The molecule has 1 unspecified atom stereocenters. The van der Waals surface area contributed by atoms with Gasteiger partial charge in [-0.25, -0.2) is 0 Å². The molecular formula is C28H36O8. The largest absolute Gasteiger partial charge is 0.472 e. The zero-order valence-electron chi connectivity index (χ0n) is 21.8. The lowest BCUT2D eigenvalue weighted by molar-refractivity contribution is -0.224. The number of fused-ring (bicyclic) bond motifs is 3. The average molecular weight is 501 g/mol. The first-order valence-corrected chi connectivity index (χ1v) is 12.7. The molecule has 0 aromatic carbocycles. The molecule has 1 aliphatic carbocycles. The highest BCUT2D eigenvalue weighted by Gasteiger charge is 2.70. The van der Waals surface area contributed by atoms with Crippen molar-refractivity contribution in [2.24, 2.45) is 28.6 Å². The van der Waals surface area contributed by atoms with E-state index in [-0.39, 0.29) is 61.5 Å². The number of ether oxygens (including phenoxy) is 4. The Morgan fingerprint density at radius 3 is 2.61 bits per heavy atom. The summed E-state index contributed by atoms with van der Waals surface area (Å²) in [6.07, 6.45) is 4.45. The van der Waals surface area contributed by atoms with Crippen molar-refractivity contribution in [3.8, 4) is 0 Å². The monoisotopic (exact) mass is 500 g/mol. The summed E-state index contributed by atoms with van der Waals surface area (Å²) in [5.41, 5.74) is -1.38. The smallest absolute Gasteiger partial charge is 0.309 e. The van der Waals surface area contributed by atoms with Crippen LogP contribution in [0.2, 0.25) is 0 Å². The predicted octanol–water partition coefficient (Wildman–Crippen LogP) is 4.54. The quantitative estimate of drug-likeness (QED) is 0.339. The summed E-state index contributed by atoms with van der Waals surface area (Å²) in [4.78, 5) is 38.7. The van der Waals surface area contributed by atoms with Gasteiger partial charge in [0.25, 0.3) is 0 Å². The Hall–Kier alpha value is -2.61. The summed E-state index contributed by atoms with van der Waals surface area (Å²) in [5.74, 6) is -1.67. The van der Waals surface area contributed by atoms with E-state index in [2.05, 4.69) is 20.4 Å². The third-order valence-corrected chi connectivity index (χ3v) is 10.0. The van der Waals surface area contributed by atoms with Crippen molar-refractivity contribution in [2.45, 2.75) is 77.1 Å². The van der Waals surface area contributed by atoms with Crippen LogP contribution < -0.4 is 0 Å². The Kier molecular flexibility index (Phi) is 5.71. The minimum absolute atomic E-state index is 0.0610. The Morgan fingerprint density at radius 1 is 1.19 bits per heavy atom. The number of methoxy groups -OCH3 is 1. The van der Waals surface area contributed by atoms with Gasteiger partial charge in [0, 0.05) is 16.9 Å². The molecular weight excluding hydrogens is 464 g/mol. The fourth-order valence-electron chi connectivity index (χ4n) is 8.07. The molecule has 0 radical (unpaired) electrons. The number of esters is 3. The SMILES string of the molecule is C=C1C2CC[C@@]3(C)[C@H](c4ccoc4)OC(=O)C[C@]13OC[C@H]1CC(=O)OC(C)(C)[C@H](CC(=O)OC)[C@@]21C. The molecule has 196 valence electrons. The second kappa shape index (κ2) is 8.20. The molecule has 5 rings (SSSR count). The second-order valence-corrected chi connectivity index (χ2v) is 12.0. The van der Waals surface area contributed by atoms with E-state index in [1.165, 1.54) is 7.11 Å². The fraction of sp³-hybridized carbons (Fsp3) is 0.679. The molecule has 3 aliphatic heterocycles. The lowest BCUT2D eigenvalue weighted by Gasteiger charge is -2.60. The molecule has 7 atom stereocenters. The predicted molar refractivity (Wildman–Crippen MR) is 127 cm³/mol. The van der Waals surface area contributed by atoms with Crippen molar-refractivity contribution in [3.05, 3.63) is 36.3 Å². The first kappa shape index (κ1) is 25.1. The highest BCUT2D eigenvalue weighted by Crippen LogP contribution is 2.69. The van der Waals surface area contributed by atoms with Crippen molar-refractivity contribution in [2.75, 3.05) is 13.7 Å². The lowest BCUT2D eigenvalue weighted by atomic mass is 9.46. The van der Waals surface area contributed by atoms with Crippen molar-refractivity contribution >= 4 is 17.9 Å². The van der Waals surface area contributed by atoms with Crippen molar-refractivity contribution < 1.29 is 37.7 Å². The zero-order valence-corrected chi connectivity index (χ0v) is 21.8. The van der Waals surface area contributed by atoms with Gasteiger partial charge in [-0.1, -0.05) is 20.4 Å². The summed E-state index contributed by atoms with van der Waals surface area (Å²) >= 11 is 0.